The summed E-state index contributed by atoms with van der Waals surface area (Å²) in [4.78, 5) is 0. The molecule has 1 N–H and O–H groups in total. The lowest BCUT2D eigenvalue weighted by Gasteiger charge is -2.13. The zero-order valence-corrected chi connectivity index (χ0v) is 13.1. The summed E-state index contributed by atoms with van der Waals surface area (Å²) in [6.07, 6.45) is 18.4. The number of aliphatic hydroxyl groups excluding tert-OH is 1. The molecule has 0 saturated carbocycles. The fraction of sp³-hybridized carbons (Fsp3) is 0.882. The highest BCUT2D eigenvalue weighted by molar-refractivity contribution is 4.81. The van der Waals surface area contributed by atoms with Gasteiger partial charge >= 0.3 is 0 Å². The topological polar surface area (TPSA) is 29.5 Å². The Morgan fingerprint density at radius 2 is 1.53 bits per heavy atom. The van der Waals surface area contributed by atoms with Gasteiger partial charge in [0.2, 0.25) is 0 Å². The van der Waals surface area contributed by atoms with E-state index in [9.17, 15) is 0 Å². The van der Waals surface area contributed by atoms with Crippen molar-refractivity contribution in [3.63, 3.8) is 0 Å². The molecule has 1 unspecified atom stereocenters. The van der Waals surface area contributed by atoms with E-state index in [4.69, 9.17) is 9.84 Å². The molecular weight excluding hydrogens is 236 g/mol. The molecule has 0 aromatic carbocycles. The summed E-state index contributed by atoms with van der Waals surface area (Å²) < 4.78 is 5.31. The lowest BCUT2D eigenvalue weighted by molar-refractivity contribution is 0.0691. The van der Waals surface area contributed by atoms with Gasteiger partial charge < -0.3 is 9.84 Å². The first-order valence-corrected chi connectivity index (χ1v) is 8.13. The van der Waals surface area contributed by atoms with Gasteiger partial charge in [-0.05, 0) is 38.5 Å². The number of methoxy groups -OCH3 is 1. The Kier molecular flexibility index (Phi) is 15.4. The summed E-state index contributed by atoms with van der Waals surface area (Å²) in [5, 5.41) is 8.86. The van der Waals surface area contributed by atoms with Crippen LogP contribution in [0.1, 0.15) is 77.6 Å². The molecular formula is C17H34O2. The van der Waals surface area contributed by atoms with Gasteiger partial charge in [-0.25, -0.2) is 0 Å². The van der Waals surface area contributed by atoms with E-state index in [0.717, 1.165) is 12.8 Å². The molecule has 0 heterocycles. The third-order valence-corrected chi connectivity index (χ3v) is 3.57. The predicted octanol–water partition coefficient (Wildman–Crippen LogP) is 4.86. The molecule has 0 fully saturated rings. The van der Waals surface area contributed by atoms with E-state index in [2.05, 4.69) is 19.1 Å². The summed E-state index contributed by atoms with van der Waals surface area (Å²) in [6, 6.07) is 0. The van der Waals surface area contributed by atoms with Gasteiger partial charge in [0, 0.05) is 13.7 Å². The molecule has 0 rings (SSSR count). The normalized spacial score (nSPS) is 13.2. The zero-order chi connectivity index (χ0) is 14.2. The summed E-state index contributed by atoms with van der Waals surface area (Å²) in [5.41, 5.74) is 0. The van der Waals surface area contributed by atoms with Crippen molar-refractivity contribution in [1.29, 1.82) is 0 Å². The lowest BCUT2D eigenvalue weighted by atomic mass is 10.1. The Labute approximate surface area is 120 Å². The van der Waals surface area contributed by atoms with Crippen molar-refractivity contribution in [2.75, 3.05) is 13.7 Å². The second-order valence-electron chi connectivity index (χ2n) is 5.33. The third kappa shape index (κ3) is 13.9. The predicted molar refractivity (Wildman–Crippen MR) is 83.5 cm³/mol. The van der Waals surface area contributed by atoms with E-state index in [0.29, 0.717) is 0 Å². The second kappa shape index (κ2) is 15.7. The van der Waals surface area contributed by atoms with E-state index < -0.39 is 0 Å². The van der Waals surface area contributed by atoms with E-state index in [1.165, 1.54) is 57.8 Å². The van der Waals surface area contributed by atoms with Crippen LogP contribution in [-0.2, 0) is 4.74 Å². The molecule has 0 bridgehead atoms. The van der Waals surface area contributed by atoms with Crippen LogP contribution in [0, 0.1) is 0 Å². The third-order valence-electron chi connectivity index (χ3n) is 3.57. The van der Waals surface area contributed by atoms with Crippen molar-refractivity contribution in [3.8, 4) is 0 Å². The fourth-order valence-electron chi connectivity index (χ4n) is 2.26. The van der Waals surface area contributed by atoms with Gasteiger partial charge in [0.15, 0.2) is 0 Å². The number of rotatable bonds is 14. The largest absolute Gasteiger partial charge is 0.396 e. The quantitative estimate of drug-likeness (QED) is 0.361. The van der Waals surface area contributed by atoms with E-state index in [1.54, 1.807) is 7.11 Å². The van der Waals surface area contributed by atoms with Crippen LogP contribution in [0.3, 0.4) is 0 Å². The first-order valence-electron chi connectivity index (χ1n) is 8.13. The fourth-order valence-corrected chi connectivity index (χ4v) is 2.26. The van der Waals surface area contributed by atoms with Crippen LogP contribution < -0.4 is 0 Å². The van der Waals surface area contributed by atoms with Crippen LogP contribution in [-0.4, -0.2) is 24.9 Å². The molecule has 2 nitrogen and oxygen atoms in total. The van der Waals surface area contributed by atoms with Crippen LogP contribution in [0.4, 0.5) is 0 Å². The van der Waals surface area contributed by atoms with Gasteiger partial charge in [-0.3, -0.25) is 0 Å². The van der Waals surface area contributed by atoms with Gasteiger partial charge in [-0.2, -0.15) is 0 Å². The number of aliphatic hydroxyl groups is 1. The number of hydrogen-bond donors (Lipinski definition) is 1. The molecule has 0 saturated heterocycles. The Bertz CT molecular complexity index is 190. The van der Waals surface area contributed by atoms with Crippen LogP contribution in [0.2, 0.25) is 0 Å². The van der Waals surface area contributed by atoms with Crippen LogP contribution in [0.5, 0.6) is 0 Å². The van der Waals surface area contributed by atoms with E-state index in [-0.39, 0.29) is 12.7 Å². The van der Waals surface area contributed by atoms with E-state index >= 15 is 0 Å². The summed E-state index contributed by atoms with van der Waals surface area (Å²) >= 11 is 0. The number of allylic oxidation sites excluding steroid dienone is 2. The van der Waals surface area contributed by atoms with Crippen LogP contribution >= 0.6 is 0 Å². The molecule has 0 amide bonds. The molecule has 114 valence electrons. The van der Waals surface area contributed by atoms with Crippen LogP contribution in [0.25, 0.3) is 0 Å². The SMILES string of the molecule is CCCCCC/C=C/CCCCCC(CCO)OC. The minimum Gasteiger partial charge on any atom is -0.396 e. The maximum atomic E-state index is 8.86. The molecule has 0 aliphatic carbocycles. The Hall–Kier alpha value is -0.340. The van der Waals surface area contributed by atoms with Crippen molar-refractivity contribution in [1.82, 2.24) is 0 Å². The monoisotopic (exact) mass is 270 g/mol. The minimum atomic E-state index is 0.235. The second-order valence-corrected chi connectivity index (χ2v) is 5.33. The molecule has 0 aliphatic heterocycles. The van der Waals surface area contributed by atoms with Crippen molar-refractivity contribution in [3.05, 3.63) is 12.2 Å². The highest BCUT2D eigenvalue weighted by atomic mass is 16.5. The van der Waals surface area contributed by atoms with Gasteiger partial charge in [0.1, 0.15) is 0 Å². The smallest absolute Gasteiger partial charge is 0.0593 e. The lowest BCUT2D eigenvalue weighted by Crippen LogP contribution is -2.12. The number of ether oxygens (including phenoxy) is 1. The Balaban J connectivity index is 3.23. The van der Waals surface area contributed by atoms with Gasteiger partial charge in [-0.15, -0.1) is 0 Å². The number of hydrogen-bond acceptors (Lipinski definition) is 2. The Morgan fingerprint density at radius 1 is 0.895 bits per heavy atom. The molecule has 2 heteroatoms. The van der Waals surface area contributed by atoms with Crippen LogP contribution in [0.15, 0.2) is 12.2 Å². The molecule has 1 atom stereocenters. The van der Waals surface area contributed by atoms with E-state index in [1.807, 2.05) is 0 Å². The summed E-state index contributed by atoms with van der Waals surface area (Å²) in [6.45, 7) is 2.49. The molecule has 0 radical (unpaired) electrons. The first kappa shape index (κ1) is 18.7. The maximum absolute atomic E-state index is 8.86. The molecule has 0 aliphatic rings. The number of unbranched alkanes of at least 4 members (excludes halogenated alkanes) is 7. The molecule has 0 aromatic rings. The Morgan fingerprint density at radius 3 is 2.05 bits per heavy atom. The van der Waals surface area contributed by atoms with Crippen molar-refractivity contribution < 1.29 is 9.84 Å². The highest BCUT2D eigenvalue weighted by Gasteiger charge is 2.05. The zero-order valence-electron chi connectivity index (χ0n) is 13.1. The molecule has 0 aromatic heterocycles. The van der Waals surface area contributed by atoms with Gasteiger partial charge in [0.05, 0.1) is 6.10 Å². The minimum absolute atomic E-state index is 0.235. The van der Waals surface area contributed by atoms with Crippen molar-refractivity contribution in [2.45, 2.75) is 83.7 Å². The summed E-state index contributed by atoms with van der Waals surface area (Å²) in [7, 11) is 1.74. The molecule has 19 heavy (non-hydrogen) atoms. The van der Waals surface area contributed by atoms with Gasteiger partial charge in [0.25, 0.3) is 0 Å². The van der Waals surface area contributed by atoms with Gasteiger partial charge in [-0.1, -0.05) is 51.2 Å². The standard InChI is InChI=1S/C17H34O2/c1-3-4-5-6-7-8-9-10-11-12-13-14-17(19-2)15-16-18/h8-9,17-18H,3-7,10-16H2,1-2H3/b9-8+. The van der Waals surface area contributed by atoms with Crippen molar-refractivity contribution >= 4 is 0 Å². The van der Waals surface area contributed by atoms with Crippen molar-refractivity contribution in [2.24, 2.45) is 0 Å². The first-order chi connectivity index (χ1) is 9.35. The maximum Gasteiger partial charge on any atom is 0.0593 e. The molecule has 0 spiro atoms. The summed E-state index contributed by atoms with van der Waals surface area (Å²) in [5.74, 6) is 0. The average molecular weight is 270 g/mol. The average Bonchev–Trinajstić information content (AvgIpc) is 2.43. The highest BCUT2D eigenvalue weighted by Crippen LogP contribution is 2.11.